The minimum absolute atomic E-state index is 0.0333. The standard InChI is InChI=1S/C24H16F3N3O3S2/c25-13-11-18-23(22(27)21(13)26)29-24(35-18)28-19(31)12-33-20(32)9-10-30-14-5-1-3-7-16(14)34-17-8-4-2-6-15(17)30/h1-8,11H,9-10,12H2,(H,28,29,31). The Morgan fingerprint density at radius 2 is 1.63 bits per heavy atom. The highest BCUT2D eigenvalue weighted by atomic mass is 32.2. The first-order valence-electron chi connectivity index (χ1n) is 10.4. The van der Waals surface area contributed by atoms with Crippen molar-refractivity contribution in [2.45, 2.75) is 16.2 Å². The average Bonchev–Trinajstić information content (AvgIpc) is 3.26. The van der Waals surface area contributed by atoms with Gasteiger partial charge in [-0.2, -0.15) is 0 Å². The van der Waals surface area contributed by atoms with E-state index >= 15 is 0 Å². The van der Waals surface area contributed by atoms with Gasteiger partial charge in [0.15, 0.2) is 29.2 Å². The molecule has 2 heterocycles. The molecule has 6 nitrogen and oxygen atoms in total. The van der Waals surface area contributed by atoms with E-state index in [-0.39, 0.29) is 21.8 Å². The molecule has 0 radical (unpaired) electrons. The van der Waals surface area contributed by atoms with Gasteiger partial charge in [-0.25, -0.2) is 18.2 Å². The Morgan fingerprint density at radius 3 is 2.31 bits per heavy atom. The van der Waals surface area contributed by atoms with Gasteiger partial charge in [0.25, 0.3) is 5.91 Å². The molecule has 35 heavy (non-hydrogen) atoms. The van der Waals surface area contributed by atoms with Crippen LogP contribution >= 0.6 is 23.1 Å². The summed E-state index contributed by atoms with van der Waals surface area (Å²) in [7, 11) is 0. The van der Waals surface area contributed by atoms with Gasteiger partial charge in [-0.1, -0.05) is 47.4 Å². The molecule has 0 spiro atoms. The number of aromatic nitrogens is 1. The molecule has 5 rings (SSSR count). The van der Waals surface area contributed by atoms with Crippen molar-refractivity contribution in [3.63, 3.8) is 0 Å². The van der Waals surface area contributed by atoms with Crippen LogP contribution in [0.3, 0.4) is 0 Å². The fourth-order valence-electron chi connectivity index (χ4n) is 3.63. The van der Waals surface area contributed by atoms with E-state index in [4.69, 9.17) is 4.74 Å². The lowest BCUT2D eigenvalue weighted by Gasteiger charge is -2.32. The number of carbonyl (C=O) groups is 2. The van der Waals surface area contributed by atoms with E-state index in [1.165, 1.54) is 0 Å². The molecule has 1 N–H and O–H groups in total. The van der Waals surface area contributed by atoms with E-state index in [1.54, 1.807) is 11.8 Å². The molecule has 11 heteroatoms. The second kappa shape index (κ2) is 9.59. The number of nitrogens with zero attached hydrogens (tertiary/aromatic N) is 2. The third-order valence-corrected chi connectivity index (χ3v) is 7.25. The van der Waals surface area contributed by atoms with Crippen molar-refractivity contribution >= 4 is 61.7 Å². The zero-order chi connectivity index (χ0) is 24.5. The first-order valence-corrected chi connectivity index (χ1v) is 12.1. The second-order valence-electron chi connectivity index (χ2n) is 7.50. The average molecular weight is 516 g/mol. The SMILES string of the molecule is O=C(COC(=O)CCN1c2ccccc2Sc2ccccc21)Nc1nc2c(F)c(F)c(F)cc2s1. The van der Waals surface area contributed by atoms with Gasteiger partial charge in [0, 0.05) is 16.3 Å². The van der Waals surface area contributed by atoms with E-state index in [0.717, 1.165) is 38.6 Å². The molecule has 0 aliphatic carbocycles. The number of rotatable bonds is 6. The minimum atomic E-state index is -1.63. The van der Waals surface area contributed by atoms with E-state index < -0.39 is 35.9 Å². The van der Waals surface area contributed by atoms with Gasteiger partial charge in [-0.05, 0) is 30.3 Å². The number of halogens is 3. The van der Waals surface area contributed by atoms with Crippen LogP contribution in [0.25, 0.3) is 10.2 Å². The van der Waals surface area contributed by atoms with Crippen molar-refractivity contribution in [2.24, 2.45) is 0 Å². The Hall–Kier alpha value is -3.57. The van der Waals surface area contributed by atoms with Gasteiger partial charge in [0.1, 0.15) is 5.52 Å². The maximum absolute atomic E-state index is 13.8. The van der Waals surface area contributed by atoms with Gasteiger partial charge < -0.3 is 9.64 Å². The lowest BCUT2D eigenvalue weighted by Crippen LogP contribution is -2.26. The van der Waals surface area contributed by atoms with Gasteiger partial charge in [0.05, 0.1) is 22.5 Å². The largest absolute Gasteiger partial charge is 0.456 e. The third kappa shape index (κ3) is 4.69. The summed E-state index contributed by atoms with van der Waals surface area (Å²) in [6.07, 6.45) is 0.0333. The Morgan fingerprint density at radius 1 is 0.971 bits per heavy atom. The highest BCUT2D eigenvalue weighted by molar-refractivity contribution is 7.99. The first-order chi connectivity index (χ1) is 16.9. The van der Waals surface area contributed by atoms with Crippen LogP contribution in [0.1, 0.15) is 6.42 Å². The molecule has 0 bridgehead atoms. The molecule has 178 valence electrons. The molecule has 3 aromatic carbocycles. The molecule has 1 amide bonds. The minimum Gasteiger partial charge on any atom is -0.456 e. The molecule has 0 saturated carbocycles. The van der Waals surface area contributed by atoms with Gasteiger partial charge >= 0.3 is 5.97 Å². The summed E-state index contributed by atoms with van der Waals surface area (Å²) in [5.41, 5.74) is 1.58. The zero-order valence-electron chi connectivity index (χ0n) is 17.9. The normalized spacial score (nSPS) is 12.3. The smallest absolute Gasteiger partial charge is 0.308 e. The first kappa shape index (κ1) is 23.2. The predicted octanol–water partition coefficient (Wildman–Crippen LogP) is 5.89. The summed E-state index contributed by atoms with van der Waals surface area (Å²) < 4.78 is 45.7. The molecule has 0 saturated heterocycles. The number of amides is 1. The molecule has 4 aromatic rings. The molecule has 1 aliphatic heterocycles. The van der Waals surface area contributed by atoms with Crippen molar-refractivity contribution < 1.29 is 27.5 Å². The molecule has 0 atom stereocenters. The van der Waals surface area contributed by atoms with Gasteiger partial charge in [0.2, 0.25) is 0 Å². The molecule has 0 fully saturated rings. The van der Waals surface area contributed by atoms with E-state index in [9.17, 15) is 22.8 Å². The van der Waals surface area contributed by atoms with E-state index in [1.807, 2.05) is 53.4 Å². The highest BCUT2D eigenvalue weighted by Gasteiger charge is 2.24. The molecule has 1 aliphatic rings. The fraction of sp³-hybridized carbons (Fsp3) is 0.125. The van der Waals surface area contributed by atoms with Crippen molar-refractivity contribution in [2.75, 3.05) is 23.4 Å². The summed E-state index contributed by atoms with van der Waals surface area (Å²) in [5.74, 6) is -5.69. The number of esters is 1. The van der Waals surface area contributed by atoms with Crippen LogP contribution in [0.4, 0.5) is 29.7 Å². The monoisotopic (exact) mass is 515 g/mol. The van der Waals surface area contributed by atoms with Gasteiger partial charge in [-0.3, -0.25) is 14.9 Å². The number of anilines is 3. The van der Waals surface area contributed by atoms with Gasteiger partial charge in [-0.15, -0.1) is 0 Å². The Labute approximate surface area is 205 Å². The maximum atomic E-state index is 13.8. The maximum Gasteiger partial charge on any atom is 0.308 e. The summed E-state index contributed by atoms with van der Waals surface area (Å²) in [6.45, 7) is -0.230. The second-order valence-corrected chi connectivity index (χ2v) is 9.61. The quantitative estimate of drug-likeness (QED) is 0.255. The summed E-state index contributed by atoms with van der Waals surface area (Å²) in [4.78, 5) is 32.5. The zero-order valence-corrected chi connectivity index (χ0v) is 19.5. The van der Waals surface area contributed by atoms with Crippen molar-refractivity contribution in [3.8, 4) is 0 Å². The van der Waals surface area contributed by atoms with Crippen LogP contribution in [0, 0.1) is 17.5 Å². The summed E-state index contributed by atoms with van der Waals surface area (Å²) in [5, 5.41) is 2.29. The topological polar surface area (TPSA) is 71.5 Å². The number of benzene rings is 3. The molecular formula is C24H16F3N3O3S2. The van der Waals surface area contributed by atoms with Crippen LogP contribution < -0.4 is 10.2 Å². The number of hydrogen-bond donors (Lipinski definition) is 1. The number of thiazole rings is 1. The fourth-order valence-corrected chi connectivity index (χ4v) is 5.63. The van der Waals surface area contributed by atoms with Crippen molar-refractivity contribution in [1.82, 2.24) is 4.98 Å². The Bertz CT molecular complexity index is 1420. The highest BCUT2D eigenvalue weighted by Crippen LogP contribution is 2.47. The van der Waals surface area contributed by atoms with Crippen molar-refractivity contribution in [3.05, 3.63) is 72.0 Å². The lowest BCUT2D eigenvalue weighted by molar-refractivity contribution is -0.147. The van der Waals surface area contributed by atoms with Crippen LogP contribution in [0.5, 0.6) is 0 Å². The number of nitrogens with one attached hydrogen (secondary N) is 1. The Balaban J connectivity index is 1.19. The van der Waals surface area contributed by atoms with Crippen molar-refractivity contribution in [1.29, 1.82) is 0 Å². The van der Waals surface area contributed by atoms with Crippen LogP contribution in [0.2, 0.25) is 0 Å². The number of carbonyl (C=O) groups excluding carboxylic acids is 2. The van der Waals surface area contributed by atoms with E-state index in [2.05, 4.69) is 10.3 Å². The number of fused-ring (bicyclic) bond motifs is 3. The predicted molar refractivity (Wildman–Crippen MR) is 128 cm³/mol. The molecule has 1 aromatic heterocycles. The van der Waals surface area contributed by atoms with Crippen LogP contribution in [0.15, 0.2) is 64.4 Å². The number of para-hydroxylation sites is 2. The number of ether oxygens (including phenoxy) is 1. The van der Waals surface area contributed by atoms with Crippen LogP contribution in [-0.4, -0.2) is 30.0 Å². The summed E-state index contributed by atoms with van der Waals surface area (Å²) in [6, 6.07) is 16.6. The number of hydrogen-bond acceptors (Lipinski definition) is 7. The Kier molecular flexibility index (Phi) is 6.35. The molecule has 0 unspecified atom stereocenters. The third-order valence-electron chi connectivity index (χ3n) is 5.20. The van der Waals surface area contributed by atoms with Crippen LogP contribution in [-0.2, 0) is 14.3 Å². The molecular weight excluding hydrogens is 499 g/mol. The van der Waals surface area contributed by atoms with E-state index in [0.29, 0.717) is 6.54 Å². The summed E-state index contributed by atoms with van der Waals surface area (Å²) >= 11 is 2.43. The lowest BCUT2D eigenvalue weighted by atomic mass is 10.2.